The van der Waals surface area contributed by atoms with Crippen LogP contribution in [0.4, 0.5) is 4.39 Å². The molecule has 1 aliphatic rings. The van der Waals surface area contributed by atoms with Gasteiger partial charge in [0.05, 0.1) is 5.75 Å². The Labute approximate surface area is 153 Å². The molecule has 0 saturated carbocycles. The number of nitrogens with zero attached hydrogens (tertiary/aromatic N) is 2. The fraction of sp³-hybridized carbons (Fsp3) is 0.316. The highest BCUT2D eigenvalue weighted by atomic mass is 32.2. The number of aliphatic imine (C=N–C) groups is 1. The first-order valence-electron chi connectivity index (χ1n) is 8.51. The molecule has 0 saturated heterocycles. The maximum Gasteiger partial charge on any atom is 0.193 e. The van der Waals surface area contributed by atoms with Gasteiger partial charge in [-0.15, -0.1) is 0 Å². The van der Waals surface area contributed by atoms with E-state index in [-0.39, 0.29) is 17.2 Å². The fourth-order valence-corrected chi connectivity index (χ4v) is 4.35. The van der Waals surface area contributed by atoms with Crippen LogP contribution in [-0.2, 0) is 22.8 Å². The number of hydrogen-bond acceptors (Lipinski definition) is 3. The maximum absolute atomic E-state index is 13.7. The van der Waals surface area contributed by atoms with E-state index in [0.717, 1.165) is 25.6 Å². The molecule has 138 valence electrons. The molecule has 5 nitrogen and oxygen atoms in total. The smallest absolute Gasteiger partial charge is 0.193 e. The van der Waals surface area contributed by atoms with Gasteiger partial charge in [0, 0.05) is 26.7 Å². The maximum atomic E-state index is 13.7. The van der Waals surface area contributed by atoms with Gasteiger partial charge in [-0.25, -0.2) is 12.8 Å². The number of nitrogens with one attached hydrogen (secondary N) is 1. The number of guanidine groups is 1. The Morgan fingerprint density at radius 3 is 2.58 bits per heavy atom. The SMILES string of the molecule is CN=C(NCCS(=O)(=O)c1ccccc1F)N1CCc2ccccc2C1. The molecule has 0 unspecified atom stereocenters. The first-order chi connectivity index (χ1) is 12.5. The Morgan fingerprint density at radius 2 is 1.85 bits per heavy atom. The molecule has 2 aromatic rings. The van der Waals surface area contributed by atoms with E-state index in [2.05, 4.69) is 27.3 Å². The lowest BCUT2D eigenvalue weighted by Crippen LogP contribution is -2.45. The van der Waals surface area contributed by atoms with Crippen LogP contribution in [0.1, 0.15) is 11.1 Å². The summed E-state index contributed by atoms with van der Waals surface area (Å²) < 4.78 is 38.4. The van der Waals surface area contributed by atoms with E-state index in [0.29, 0.717) is 5.96 Å². The van der Waals surface area contributed by atoms with Crippen molar-refractivity contribution < 1.29 is 12.8 Å². The highest BCUT2D eigenvalue weighted by Crippen LogP contribution is 2.18. The summed E-state index contributed by atoms with van der Waals surface area (Å²) in [5.41, 5.74) is 2.59. The summed E-state index contributed by atoms with van der Waals surface area (Å²) in [7, 11) is -2.01. The fourth-order valence-electron chi connectivity index (χ4n) is 3.11. The summed E-state index contributed by atoms with van der Waals surface area (Å²) >= 11 is 0. The van der Waals surface area contributed by atoms with Gasteiger partial charge in [-0.1, -0.05) is 36.4 Å². The average Bonchev–Trinajstić information content (AvgIpc) is 2.65. The van der Waals surface area contributed by atoms with Gasteiger partial charge in [-0.2, -0.15) is 0 Å². The molecule has 3 rings (SSSR count). The van der Waals surface area contributed by atoms with E-state index in [1.807, 2.05) is 12.1 Å². The topological polar surface area (TPSA) is 61.8 Å². The predicted octanol–water partition coefficient (Wildman–Crippen LogP) is 2.23. The molecular weight excluding hydrogens is 353 g/mol. The van der Waals surface area contributed by atoms with E-state index >= 15 is 0 Å². The Kier molecular flexibility index (Phi) is 5.56. The summed E-state index contributed by atoms with van der Waals surface area (Å²) in [6.07, 6.45) is 0.921. The predicted molar refractivity (Wildman–Crippen MR) is 100 cm³/mol. The summed E-state index contributed by atoms with van der Waals surface area (Å²) in [6, 6.07) is 13.7. The van der Waals surface area contributed by atoms with Crippen molar-refractivity contribution >= 4 is 15.8 Å². The van der Waals surface area contributed by atoms with Gasteiger partial charge in [0.2, 0.25) is 0 Å². The van der Waals surface area contributed by atoms with Gasteiger partial charge < -0.3 is 10.2 Å². The largest absolute Gasteiger partial charge is 0.355 e. The van der Waals surface area contributed by atoms with Crippen LogP contribution in [-0.4, -0.2) is 45.2 Å². The van der Waals surface area contributed by atoms with Gasteiger partial charge in [-0.3, -0.25) is 4.99 Å². The standard InChI is InChI=1S/C19H22FN3O2S/c1-21-19(23-12-10-15-6-2-3-7-16(15)14-23)22-11-13-26(24,25)18-9-5-4-8-17(18)20/h2-9H,10-14H2,1H3,(H,21,22). The van der Waals surface area contributed by atoms with Crippen molar-refractivity contribution in [3.8, 4) is 0 Å². The lowest BCUT2D eigenvalue weighted by Gasteiger charge is -2.31. The molecular formula is C19H22FN3O2S. The summed E-state index contributed by atoms with van der Waals surface area (Å²) in [5.74, 6) is -0.259. The third kappa shape index (κ3) is 4.04. The second kappa shape index (κ2) is 7.86. The highest BCUT2D eigenvalue weighted by molar-refractivity contribution is 7.91. The minimum atomic E-state index is -3.69. The quantitative estimate of drug-likeness (QED) is 0.658. The van der Waals surface area contributed by atoms with E-state index in [9.17, 15) is 12.8 Å². The van der Waals surface area contributed by atoms with E-state index in [1.54, 1.807) is 7.05 Å². The van der Waals surface area contributed by atoms with Crippen LogP contribution >= 0.6 is 0 Å². The van der Waals surface area contributed by atoms with Crippen LogP contribution in [0.15, 0.2) is 58.4 Å². The number of benzene rings is 2. The van der Waals surface area contributed by atoms with Crippen molar-refractivity contribution in [3.63, 3.8) is 0 Å². The molecule has 0 aliphatic carbocycles. The van der Waals surface area contributed by atoms with Gasteiger partial charge in [-0.05, 0) is 29.7 Å². The minimum Gasteiger partial charge on any atom is -0.355 e. The van der Waals surface area contributed by atoms with Crippen molar-refractivity contribution in [2.24, 2.45) is 4.99 Å². The van der Waals surface area contributed by atoms with Crippen LogP contribution in [0, 0.1) is 5.82 Å². The van der Waals surface area contributed by atoms with Crippen molar-refractivity contribution in [2.45, 2.75) is 17.9 Å². The number of sulfone groups is 1. The molecule has 1 heterocycles. The van der Waals surface area contributed by atoms with E-state index < -0.39 is 15.7 Å². The Hall–Kier alpha value is -2.41. The van der Waals surface area contributed by atoms with Crippen molar-refractivity contribution in [3.05, 3.63) is 65.5 Å². The lowest BCUT2D eigenvalue weighted by atomic mass is 10.0. The summed E-state index contributed by atoms with van der Waals surface area (Å²) in [4.78, 5) is 6.09. The molecule has 0 amide bonds. The Bertz CT molecular complexity index is 913. The average molecular weight is 375 g/mol. The molecule has 0 radical (unpaired) electrons. The van der Waals surface area contributed by atoms with Crippen LogP contribution in [0.5, 0.6) is 0 Å². The molecule has 26 heavy (non-hydrogen) atoms. The molecule has 0 spiro atoms. The van der Waals surface area contributed by atoms with E-state index in [1.165, 1.54) is 29.3 Å². The minimum absolute atomic E-state index is 0.168. The normalized spacial score (nSPS) is 14.8. The van der Waals surface area contributed by atoms with Crippen molar-refractivity contribution in [1.29, 1.82) is 0 Å². The van der Waals surface area contributed by atoms with Gasteiger partial charge in [0.25, 0.3) is 0 Å². The number of fused-ring (bicyclic) bond motifs is 1. The summed E-state index contributed by atoms with van der Waals surface area (Å²) in [6.45, 7) is 1.72. The number of rotatable bonds is 4. The van der Waals surface area contributed by atoms with Crippen LogP contribution in [0.3, 0.4) is 0 Å². The molecule has 0 fully saturated rings. The zero-order chi connectivity index (χ0) is 18.6. The zero-order valence-electron chi connectivity index (χ0n) is 14.7. The lowest BCUT2D eigenvalue weighted by molar-refractivity contribution is 0.380. The molecule has 0 bridgehead atoms. The first-order valence-corrected chi connectivity index (χ1v) is 10.2. The van der Waals surface area contributed by atoms with Gasteiger partial charge in [0.1, 0.15) is 10.7 Å². The Morgan fingerprint density at radius 1 is 1.15 bits per heavy atom. The molecule has 1 N–H and O–H groups in total. The second-order valence-electron chi connectivity index (χ2n) is 6.16. The number of hydrogen-bond donors (Lipinski definition) is 1. The highest BCUT2D eigenvalue weighted by Gasteiger charge is 2.21. The monoisotopic (exact) mass is 375 g/mol. The third-order valence-electron chi connectivity index (χ3n) is 4.47. The molecule has 7 heteroatoms. The number of halogens is 1. The van der Waals surface area contributed by atoms with Gasteiger partial charge in [0.15, 0.2) is 15.8 Å². The van der Waals surface area contributed by atoms with Crippen LogP contribution < -0.4 is 5.32 Å². The van der Waals surface area contributed by atoms with Crippen LogP contribution in [0.25, 0.3) is 0 Å². The zero-order valence-corrected chi connectivity index (χ0v) is 15.5. The van der Waals surface area contributed by atoms with Crippen LogP contribution in [0.2, 0.25) is 0 Å². The molecule has 2 aromatic carbocycles. The molecule has 0 atom stereocenters. The van der Waals surface area contributed by atoms with E-state index in [4.69, 9.17) is 0 Å². The second-order valence-corrected chi connectivity index (χ2v) is 8.24. The Balaban J connectivity index is 1.61. The van der Waals surface area contributed by atoms with Gasteiger partial charge >= 0.3 is 0 Å². The third-order valence-corrected chi connectivity index (χ3v) is 6.21. The molecule has 1 aliphatic heterocycles. The van der Waals surface area contributed by atoms with Crippen molar-refractivity contribution in [1.82, 2.24) is 10.2 Å². The molecule has 0 aromatic heterocycles. The first kappa shape index (κ1) is 18.4. The summed E-state index contributed by atoms with van der Waals surface area (Å²) in [5, 5.41) is 3.09. The van der Waals surface area contributed by atoms with Crippen molar-refractivity contribution in [2.75, 3.05) is 25.9 Å².